The predicted molar refractivity (Wildman–Crippen MR) is 47.6 cm³/mol. The summed E-state index contributed by atoms with van der Waals surface area (Å²) in [6.07, 6.45) is -2.19. The minimum absolute atomic E-state index is 0.142. The highest BCUT2D eigenvalue weighted by Crippen LogP contribution is 2.28. The largest absolute Gasteiger partial charge is 0.395 e. The number of hydrogen-bond acceptors (Lipinski definition) is 6. The number of hydrogen-bond donors (Lipinski definition) is 5. The molecule has 6 heteroatoms. The van der Waals surface area contributed by atoms with Crippen molar-refractivity contribution >= 4 is 0 Å². The van der Waals surface area contributed by atoms with Gasteiger partial charge in [0.1, 0.15) is 6.10 Å². The highest BCUT2D eigenvalue weighted by molar-refractivity contribution is 5.06. The van der Waals surface area contributed by atoms with E-state index in [1.54, 1.807) is 0 Å². The van der Waals surface area contributed by atoms with Crippen LogP contribution < -0.4 is 0 Å². The van der Waals surface area contributed by atoms with Crippen molar-refractivity contribution in [3.63, 3.8) is 0 Å². The molecule has 2 atom stereocenters. The van der Waals surface area contributed by atoms with E-state index >= 15 is 0 Å². The minimum Gasteiger partial charge on any atom is -0.395 e. The van der Waals surface area contributed by atoms with Gasteiger partial charge >= 0.3 is 0 Å². The van der Waals surface area contributed by atoms with E-state index in [1.807, 2.05) is 0 Å². The molecule has 5 N–H and O–H groups in total. The van der Waals surface area contributed by atoms with Crippen LogP contribution in [0.2, 0.25) is 0 Å². The molecule has 0 saturated carbocycles. The van der Waals surface area contributed by atoms with E-state index in [0.717, 1.165) is 0 Å². The van der Waals surface area contributed by atoms with Crippen LogP contribution in [0.1, 0.15) is 0 Å². The summed E-state index contributed by atoms with van der Waals surface area (Å²) in [7, 11) is 0. The van der Waals surface area contributed by atoms with E-state index in [1.165, 1.54) is 4.90 Å². The van der Waals surface area contributed by atoms with Crippen LogP contribution in [-0.2, 0) is 0 Å². The molecule has 1 heterocycles. The van der Waals surface area contributed by atoms with Gasteiger partial charge in [-0.05, 0) is 0 Å². The third kappa shape index (κ3) is 1.65. The summed E-state index contributed by atoms with van der Waals surface area (Å²) in [5.74, 6) is 0. The first kappa shape index (κ1) is 11.8. The average molecular weight is 207 g/mol. The molecule has 14 heavy (non-hydrogen) atoms. The fraction of sp³-hybridized carbons (Fsp3) is 1.00. The monoisotopic (exact) mass is 207 g/mol. The fourth-order valence-electron chi connectivity index (χ4n) is 1.92. The Balaban J connectivity index is 2.84. The smallest absolute Gasteiger partial charge is 0.104 e. The van der Waals surface area contributed by atoms with Gasteiger partial charge in [0.15, 0.2) is 0 Å². The van der Waals surface area contributed by atoms with Crippen molar-refractivity contribution in [2.24, 2.45) is 0 Å². The maximum atomic E-state index is 9.61. The molecule has 0 aromatic rings. The van der Waals surface area contributed by atoms with Gasteiger partial charge in [-0.15, -0.1) is 0 Å². The first-order valence-electron chi connectivity index (χ1n) is 4.56. The molecule has 0 aromatic carbocycles. The molecule has 1 aliphatic heterocycles. The molecule has 1 aliphatic rings. The van der Waals surface area contributed by atoms with E-state index in [2.05, 4.69) is 0 Å². The molecule has 0 amide bonds. The first-order chi connectivity index (χ1) is 6.62. The van der Waals surface area contributed by atoms with Crippen LogP contribution in [0.4, 0.5) is 0 Å². The zero-order valence-corrected chi connectivity index (χ0v) is 7.87. The van der Waals surface area contributed by atoms with E-state index in [-0.39, 0.29) is 19.7 Å². The predicted octanol–water partition coefficient (Wildman–Crippen LogP) is -3.26. The summed E-state index contributed by atoms with van der Waals surface area (Å²) in [5.41, 5.74) is -1.23. The number of aliphatic hydroxyl groups is 5. The normalized spacial score (nSPS) is 32.4. The summed E-state index contributed by atoms with van der Waals surface area (Å²) in [4.78, 5) is 1.50. The molecule has 1 saturated heterocycles. The van der Waals surface area contributed by atoms with Gasteiger partial charge < -0.3 is 25.5 Å². The van der Waals surface area contributed by atoms with Crippen molar-refractivity contribution in [1.82, 2.24) is 4.90 Å². The average Bonchev–Trinajstić information content (AvgIpc) is 2.42. The summed E-state index contributed by atoms with van der Waals surface area (Å²) in [6.45, 7) is -0.720. The van der Waals surface area contributed by atoms with Crippen LogP contribution in [0.3, 0.4) is 0 Å². The van der Waals surface area contributed by atoms with Gasteiger partial charge in [0.2, 0.25) is 0 Å². The number of β-amino-alcohol motifs (C(OH)–C–C–N with tert-alkyl or cyclic N) is 2. The Morgan fingerprint density at radius 1 is 1.14 bits per heavy atom. The van der Waals surface area contributed by atoms with Gasteiger partial charge in [-0.3, -0.25) is 4.90 Å². The lowest BCUT2D eigenvalue weighted by atomic mass is 9.94. The molecular formula is C8H17NO5. The van der Waals surface area contributed by atoms with Crippen LogP contribution >= 0.6 is 0 Å². The van der Waals surface area contributed by atoms with Crippen molar-refractivity contribution in [3.05, 3.63) is 0 Å². The fourth-order valence-corrected chi connectivity index (χ4v) is 1.92. The molecule has 0 aromatic heterocycles. The Labute approximate surface area is 82.0 Å². The van der Waals surface area contributed by atoms with Gasteiger partial charge in [0.05, 0.1) is 31.5 Å². The molecule has 84 valence electrons. The van der Waals surface area contributed by atoms with Crippen molar-refractivity contribution in [2.75, 3.05) is 32.9 Å². The zero-order chi connectivity index (χ0) is 10.8. The quantitative estimate of drug-likeness (QED) is 0.331. The van der Waals surface area contributed by atoms with E-state index in [4.69, 9.17) is 15.3 Å². The number of rotatable bonds is 4. The van der Waals surface area contributed by atoms with Gasteiger partial charge in [-0.25, -0.2) is 0 Å². The molecule has 0 radical (unpaired) electrons. The van der Waals surface area contributed by atoms with Crippen LogP contribution in [0.5, 0.6) is 0 Å². The van der Waals surface area contributed by atoms with Gasteiger partial charge in [-0.2, -0.15) is 0 Å². The third-order valence-corrected chi connectivity index (χ3v) is 2.87. The van der Waals surface area contributed by atoms with E-state index < -0.39 is 31.0 Å². The van der Waals surface area contributed by atoms with Crippen LogP contribution in [0.25, 0.3) is 0 Å². The summed E-state index contributed by atoms with van der Waals surface area (Å²) >= 11 is 0. The Bertz CT molecular complexity index is 185. The van der Waals surface area contributed by atoms with Crippen molar-refractivity contribution in [2.45, 2.75) is 17.7 Å². The van der Waals surface area contributed by atoms with Crippen molar-refractivity contribution in [3.8, 4) is 0 Å². The maximum Gasteiger partial charge on any atom is 0.104 e. The third-order valence-electron chi connectivity index (χ3n) is 2.87. The molecule has 6 nitrogen and oxygen atoms in total. The second-order valence-corrected chi connectivity index (χ2v) is 3.60. The number of likely N-dealkylation sites (tertiary alicyclic amines) is 1. The zero-order valence-electron chi connectivity index (χ0n) is 7.87. The number of aliphatic hydroxyl groups excluding tert-OH is 5. The van der Waals surface area contributed by atoms with Crippen LogP contribution in [0.15, 0.2) is 0 Å². The summed E-state index contributed by atoms with van der Waals surface area (Å²) in [6, 6.07) is 0. The molecule has 0 unspecified atom stereocenters. The van der Waals surface area contributed by atoms with E-state index in [9.17, 15) is 10.2 Å². The van der Waals surface area contributed by atoms with Crippen molar-refractivity contribution in [1.29, 1.82) is 0 Å². The lowest BCUT2D eigenvalue weighted by Gasteiger charge is -2.36. The lowest BCUT2D eigenvalue weighted by Crippen LogP contribution is -2.57. The van der Waals surface area contributed by atoms with E-state index in [0.29, 0.717) is 0 Å². The molecule has 0 aliphatic carbocycles. The maximum absolute atomic E-state index is 9.61. The summed E-state index contributed by atoms with van der Waals surface area (Å²) in [5, 5.41) is 46.1. The van der Waals surface area contributed by atoms with Crippen LogP contribution in [0, 0.1) is 0 Å². The second-order valence-electron chi connectivity index (χ2n) is 3.60. The Morgan fingerprint density at radius 3 is 2.14 bits per heavy atom. The summed E-state index contributed by atoms with van der Waals surface area (Å²) < 4.78 is 0. The SMILES string of the molecule is OCCN1C[C@@H](O)[C@@H](O)C1(CO)CO. The standard InChI is InChI=1S/C8H17NO5/c10-2-1-9-3-6(13)7(14)8(9,4-11)5-12/h6-7,10-14H,1-5H2/t6-,7-/m1/s1. The molecule has 0 spiro atoms. The lowest BCUT2D eigenvalue weighted by molar-refractivity contribution is -0.0673. The topological polar surface area (TPSA) is 104 Å². The Morgan fingerprint density at radius 2 is 1.71 bits per heavy atom. The van der Waals surface area contributed by atoms with Crippen LogP contribution in [-0.4, -0.2) is 81.1 Å². The highest BCUT2D eigenvalue weighted by atomic mass is 16.3. The van der Waals surface area contributed by atoms with Gasteiger partial charge in [0, 0.05) is 13.1 Å². The van der Waals surface area contributed by atoms with Crippen molar-refractivity contribution < 1.29 is 25.5 Å². The van der Waals surface area contributed by atoms with Gasteiger partial charge in [-0.1, -0.05) is 0 Å². The first-order valence-corrected chi connectivity index (χ1v) is 4.56. The Kier molecular flexibility index (Phi) is 3.82. The molecule has 0 bridgehead atoms. The minimum atomic E-state index is -1.23. The Hall–Kier alpha value is -0.240. The highest BCUT2D eigenvalue weighted by Gasteiger charge is 2.52. The second kappa shape index (κ2) is 4.52. The molecular weight excluding hydrogens is 190 g/mol. The molecule has 1 rings (SSSR count). The van der Waals surface area contributed by atoms with Gasteiger partial charge in [0.25, 0.3) is 0 Å². The number of nitrogens with zero attached hydrogens (tertiary/aromatic N) is 1. The molecule has 1 fully saturated rings.